The molecule has 0 aliphatic rings. The molecular formula is C11H20N4O2. The van der Waals surface area contributed by atoms with Gasteiger partial charge >= 0.3 is 0 Å². The molecule has 1 heterocycles. The molecule has 1 aromatic rings. The number of amides is 1. The van der Waals surface area contributed by atoms with Gasteiger partial charge in [0.05, 0.1) is 6.20 Å². The Hall–Kier alpha value is -1.40. The summed E-state index contributed by atoms with van der Waals surface area (Å²) in [4.78, 5) is 11.5. The van der Waals surface area contributed by atoms with Gasteiger partial charge in [0, 0.05) is 38.1 Å². The van der Waals surface area contributed by atoms with Crippen LogP contribution in [0.3, 0.4) is 0 Å². The van der Waals surface area contributed by atoms with Gasteiger partial charge in [0.15, 0.2) is 0 Å². The fraction of sp³-hybridized carbons (Fsp3) is 0.636. The molecule has 1 atom stereocenters. The number of aromatic nitrogens is 2. The number of nitrogens with one attached hydrogen (secondary N) is 1. The number of carbonyl (C=O) groups is 1. The Bertz CT molecular complexity index is 349. The topological polar surface area (TPSA) is 82.2 Å². The van der Waals surface area contributed by atoms with Gasteiger partial charge in [-0.2, -0.15) is 5.10 Å². The monoisotopic (exact) mass is 240 g/mol. The van der Waals surface area contributed by atoms with Gasteiger partial charge in [-0.25, -0.2) is 0 Å². The van der Waals surface area contributed by atoms with Crippen LogP contribution in [0.1, 0.15) is 24.9 Å². The first-order chi connectivity index (χ1) is 8.13. The van der Waals surface area contributed by atoms with Crippen LogP contribution in [-0.2, 0) is 16.1 Å². The summed E-state index contributed by atoms with van der Waals surface area (Å²) >= 11 is 0. The van der Waals surface area contributed by atoms with Crippen molar-refractivity contribution in [1.29, 1.82) is 0 Å². The number of carbonyl (C=O) groups excluding carboxylic acids is 1. The van der Waals surface area contributed by atoms with E-state index in [1.165, 1.54) is 0 Å². The van der Waals surface area contributed by atoms with Crippen molar-refractivity contribution in [2.75, 3.05) is 20.3 Å². The highest BCUT2D eigenvalue weighted by Gasteiger charge is 2.06. The molecule has 6 nitrogen and oxygen atoms in total. The molecule has 0 saturated heterocycles. The van der Waals surface area contributed by atoms with E-state index in [1.54, 1.807) is 24.2 Å². The molecule has 0 saturated carbocycles. The Morgan fingerprint density at radius 1 is 1.71 bits per heavy atom. The molecular weight excluding hydrogens is 220 g/mol. The quantitative estimate of drug-likeness (QED) is 0.660. The van der Waals surface area contributed by atoms with Crippen molar-refractivity contribution in [3.8, 4) is 0 Å². The Morgan fingerprint density at radius 2 is 2.47 bits per heavy atom. The van der Waals surface area contributed by atoms with Crippen LogP contribution in [0.2, 0.25) is 0 Å². The Balaban J connectivity index is 2.29. The molecule has 0 fully saturated rings. The van der Waals surface area contributed by atoms with Gasteiger partial charge in [-0.3, -0.25) is 9.48 Å². The van der Waals surface area contributed by atoms with E-state index in [9.17, 15) is 4.79 Å². The highest BCUT2D eigenvalue weighted by Crippen LogP contribution is 2.06. The van der Waals surface area contributed by atoms with Crippen molar-refractivity contribution in [1.82, 2.24) is 15.1 Å². The second-order valence-corrected chi connectivity index (χ2v) is 3.96. The van der Waals surface area contributed by atoms with E-state index >= 15 is 0 Å². The molecule has 96 valence electrons. The largest absolute Gasteiger partial charge is 0.385 e. The van der Waals surface area contributed by atoms with Crippen molar-refractivity contribution >= 4 is 5.91 Å². The van der Waals surface area contributed by atoms with Crippen LogP contribution in [0.4, 0.5) is 0 Å². The average Bonchev–Trinajstić information content (AvgIpc) is 2.73. The molecule has 0 aromatic carbocycles. The first-order valence-electron chi connectivity index (χ1n) is 5.67. The van der Waals surface area contributed by atoms with Crippen LogP contribution in [-0.4, -0.2) is 35.9 Å². The molecule has 0 radical (unpaired) electrons. The van der Waals surface area contributed by atoms with Crippen LogP contribution in [0.15, 0.2) is 12.4 Å². The maximum atomic E-state index is 11.5. The van der Waals surface area contributed by atoms with E-state index in [0.29, 0.717) is 13.2 Å². The van der Waals surface area contributed by atoms with Crippen LogP contribution in [0.25, 0.3) is 0 Å². The predicted molar refractivity (Wildman–Crippen MR) is 64.3 cm³/mol. The third kappa shape index (κ3) is 4.97. The van der Waals surface area contributed by atoms with Gasteiger partial charge in [0.2, 0.25) is 5.91 Å². The standard InChI is InChI=1S/C11H20N4O2/c1-9(12)10-6-14-15(7-10)8-11(16)13-4-3-5-17-2/h6-7,9H,3-5,8,12H2,1-2H3,(H,13,16). The maximum Gasteiger partial charge on any atom is 0.241 e. The number of rotatable bonds is 7. The minimum Gasteiger partial charge on any atom is -0.385 e. The Morgan fingerprint density at radius 3 is 3.06 bits per heavy atom. The second-order valence-electron chi connectivity index (χ2n) is 3.96. The predicted octanol–water partition coefficient (Wildman–Crippen LogP) is 0.0555. The van der Waals surface area contributed by atoms with Crippen LogP contribution < -0.4 is 11.1 Å². The lowest BCUT2D eigenvalue weighted by Gasteiger charge is -2.05. The van der Waals surface area contributed by atoms with Crippen LogP contribution in [0, 0.1) is 0 Å². The number of nitrogens with two attached hydrogens (primary N) is 1. The first kappa shape index (κ1) is 13.7. The SMILES string of the molecule is COCCCNC(=O)Cn1cc(C(C)N)cn1. The molecule has 17 heavy (non-hydrogen) atoms. The highest BCUT2D eigenvalue weighted by molar-refractivity contribution is 5.75. The van der Waals surface area contributed by atoms with Gasteiger partial charge in [-0.1, -0.05) is 0 Å². The Kier molecular flexibility index (Phi) is 5.65. The fourth-order valence-corrected chi connectivity index (χ4v) is 1.35. The zero-order valence-corrected chi connectivity index (χ0v) is 10.3. The summed E-state index contributed by atoms with van der Waals surface area (Å²) in [6.45, 7) is 3.37. The number of hydrogen-bond donors (Lipinski definition) is 2. The first-order valence-corrected chi connectivity index (χ1v) is 5.67. The zero-order chi connectivity index (χ0) is 12.7. The summed E-state index contributed by atoms with van der Waals surface area (Å²) in [5.74, 6) is -0.0552. The van der Waals surface area contributed by atoms with E-state index in [2.05, 4.69) is 10.4 Å². The third-order valence-corrected chi connectivity index (χ3v) is 2.33. The van der Waals surface area contributed by atoms with Crippen LogP contribution >= 0.6 is 0 Å². The van der Waals surface area contributed by atoms with Crippen molar-refractivity contribution < 1.29 is 9.53 Å². The van der Waals surface area contributed by atoms with Crippen molar-refractivity contribution in [3.63, 3.8) is 0 Å². The minimum absolute atomic E-state index is 0.0552. The molecule has 0 bridgehead atoms. The van der Waals surface area contributed by atoms with E-state index in [0.717, 1.165) is 12.0 Å². The lowest BCUT2D eigenvalue weighted by Crippen LogP contribution is -2.29. The molecule has 1 unspecified atom stereocenters. The zero-order valence-electron chi connectivity index (χ0n) is 10.3. The fourth-order valence-electron chi connectivity index (χ4n) is 1.35. The van der Waals surface area contributed by atoms with Gasteiger partial charge in [-0.05, 0) is 13.3 Å². The van der Waals surface area contributed by atoms with Gasteiger partial charge in [0.1, 0.15) is 6.54 Å². The normalized spacial score (nSPS) is 12.4. The summed E-state index contributed by atoms with van der Waals surface area (Å²) in [6.07, 6.45) is 4.29. The third-order valence-electron chi connectivity index (χ3n) is 2.33. The van der Waals surface area contributed by atoms with Crippen molar-refractivity contribution in [2.24, 2.45) is 5.73 Å². The molecule has 1 aromatic heterocycles. The highest BCUT2D eigenvalue weighted by atomic mass is 16.5. The molecule has 6 heteroatoms. The van der Waals surface area contributed by atoms with E-state index in [4.69, 9.17) is 10.5 Å². The number of nitrogens with zero attached hydrogens (tertiary/aromatic N) is 2. The van der Waals surface area contributed by atoms with E-state index < -0.39 is 0 Å². The Labute approximate surface area is 101 Å². The molecule has 0 aliphatic heterocycles. The molecule has 1 amide bonds. The summed E-state index contributed by atoms with van der Waals surface area (Å²) < 4.78 is 6.48. The van der Waals surface area contributed by atoms with Crippen LogP contribution in [0.5, 0.6) is 0 Å². The van der Waals surface area contributed by atoms with E-state index in [-0.39, 0.29) is 18.5 Å². The number of methoxy groups -OCH3 is 1. The summed E-state index contributed by atoms with van der Waals surface area (Å²) in [5, 5.41) is 6.87. The lowest BCUT2D eigenvalue weighted by atomic mass is 10.2. The molecule has 0 spiro atoms. The van der Waals surface area contributed by atoms with Crippen molar-refractivity contribution in [2.45, 2.75) is 25.9 Å². The summed E-state index contributed by atoms with van der Waals surface area (Å²) in [7, 11) is 1.64. The van der Waals surface area contributed by atoms with Crippen molar-refractivity contribution in [3.05, 3.63) is 18.0 Å². The molecule has 3 N–H and O–H groups in total. The van der Waals surface area contributed by atoms with Gasteiger partial charge in [0.25, 0.3) is 0 Å². The maximum absolute atomic E-state index is 11.5. The smallest absolute Gasteiger partial charge is 0.241 e. The lowest BCUT2D eigenvalue weighted by molar-refractivity contribution is -0.121. The average molecular weight is 240 g/mol. The summed E-state index contributed by atoms with van der Waals surface area (Å²) in [5.41, 5.74) is 6.63. The number of hydrogen-bond acceptors (Lipinski definition) is 4. The number of ether oxygens (including phenoxy) is 1. The van der Waals surface area contributed by atoms with E-state index in [1.807, 2.05) is 6.92 Å². The molecule has 0 aliphatic carbocycles. The minimum atomic E-state index is -0.0616. The summed E-state index contributed by atoms with van der Waals surface area (Å²) in [6, 6.07) is -0.0616. The van der Waals surface area contributed by atoms with Gasteiger partial charge in [-0.15, -0.1) is 0 Å². The molecule has 1 rings (SSSR count). The van der Waals surface area contributed by atoms with Gasteiger partial charge < -0.3 is 15.8 Å². The second kappa shape index (κ2) is 7.03.